The zero-order valence-electron chi connectivity index (χ0n) is 20.0. The normalized spacial score (nSPS) is 18.0. The number of amides is 1. The first-order valence-corrected chi connectivity index (χ1v) is 11.0. The minimum absolute atomic E-state index is 0.0931. The lowest BCUT2D eigenvalue weighted by Gasteiger charge is -2.39. The van der Waals surface area contributed by atoms with Crippen molar-refractivity contribution >= 4 is 11.8 Å². The van der Waals surface area contributed by atoms with E-state index in [2.05, 4.69) is 5.32 Å². The summed E-state index contributed by atoms with van der Waals surface area (Å²) in [6.07, 6.45) is -10.2. The van der Waals surface area contributed by atoms with Crippen LogP contribution in [0.5, 0.6) is 11.5 Å². The topological polar surface area (TPSA) is 60.0 Å². The van der Waals surface area contributed by atoms with Crippen LogP contribution in [0.4, 0.5) is 36.8 Å². The number of fused-ring (bicyclic) bond motifs is 1. The third-order valence-electron chi connectivity index (χ3n) is 5.85. The van der Waals surface area contributed by atoms with Crippen molar-refractivity contribution in [2.24, 2.45) is 0 Å². The summed E-state index contributed by atoms with van der Waals surface area (Å²) in [7, 11) is 2.84. The van der Waals surface area contributed by atoms with Gasteiger partial charge in [-0.2, -0.15) is 26.3 Å². The molecule has 2 atom stereocenters. The molecule has 3 rings (SSSR count). The highest BCUT2D eigenvalue weighted by molar-refractivity contribution is 5.91. The van der Waals surface area contributed by atoms with Crippen LogP contribution in [-0.2, 0) is 23.6 Å². The largest absolute Gasteiger partial charge is 0.493 e. The molecule has 0 saturated heterocycles. The summed E-state index contributed by atoms with van der Waals surface area (Å²) >= 11 is 0. The first-order valence-electron chi connectivity index (χ1n) is 11.0. The van der Waals surface area contributed by atoms with Gasteiger partial charge in [-0.25, -0.2) is 4.79 Å². The number of methoxy groups -OCH3 is 2. The highest BCUT2D eigenvalue weighted by Gasteiger charge is 2.38. The van der Waals surface area contributed by atoms with Gasteiger partial charge in [0.15, 0.2) is 11.5 Å². The van der Waals surface area contributed by atoms with Crippen LogP contribution in [0.1, 0.15) is 48.6 Å². The number of hydrogen-bond donors (Lipinski definition) is 1. The molecule has 2 aromatic carbocycles. The van der Waals surface area contributed by atoms with Gasteiger partial charge in [0, 0.05) is 24.7 Å². The zero-order chi connectivity index (χ0) is 26.8. The lowest BCUT2D eigenvalue weighted by atomic mass is 9.91. The number of nitrogens with one attached hydrogen (secondary N) is 1. The number of anilines is 1. The molecule has 12 heteroatoms. The summed E-state index contributed by atoms with van der Waals surface area (Å²) in [4.78, 5) is 14.1. The Labute approximate surface area is 204 Å². The summed E-state index contributed by atoms with van der Waals surface area (Å²) in [5.74, 6) is 0.686. The highest BCUT2D eigenvalue weighted by atomic mass is 19.4. The molecular weight excluding hydrogens is 494 g/mol. The monoisotopic (exact) mass is 520 g/mol. The van der Waals surface area contributed by atoms with Crippen molar-refractivity contribution < 1.29 is 45.3 Å². The minimum atomic E-state index is -4.94. The van der Waals surface area contributed by atoms with Gasteiger partial charge in [0.1, 0.15) is 0 Å². The Morgan fingerprint density at radius 2 is 1.53 bits per heavy atom. The maximum absolute atomic E-state index is 13.3. The third-order valence-corrected chi connectivity index (χ3v) is 5.85. The van der Waals surface area contributed by atoms with Crippen molar-refractivity contribution in [3.8, 4) is 11.5 Å². The zero-order valence-corrected chi connectivity index (χ0v) is 20.0. The molecule has 0 aliphatic carbocycles. The fraction of sp³-hybridized carbons (Fsp3) is 0.458. The van der Waals surface area contributed by atoms with Crippen LogP contribution >= 0.6 is 0 Å². The van der Waals surface area contributed by atoms with Crippen molar-refractivity contribution in [1.29, 1.82) is 0 Å². The van der Waals surface area contributed by atoms with Crippen molar-refractivity contribution in [3.05, 3.63) is 52.6 Å². The van der Waals surface area contributed by atoms with Crippen LogP contribution in [0.3, 0.4) is 0 Å². The predicted molar refractivity (Wildman–Crippen MR) is 119 cm³/mol. The third kappa shape index (κ3) is 5.80. The Hall–Kier alpha value is -3.15. The molecule has 1 amide bonds. The second-order valence-corrected chi connectivity index (χ2v) is 8.27. The van der Waals surface area contributed by atoms with E-state index in [-0.39, 0.29) is 24.8 Å². The second kappa shape index (κ2) is 10.5. The van der Waals surface area contributed by atoms with Crippen LogP contribution in [0.25, 0.3) is 0 Å². The van der Waals surface area contributed by atoms with Crippen LogP contribution in [0.15, 0.2) is 30.3 Å². The van der Waals surface area contributed by atoms with E-state index in [1.54, 1.807) is 26.0 Å². The number of nitrogens with zero attached hydrogens (tertiary/aromatic N) is 1. The van der Waals surface area contributed by atoms with Gasteiger partial charge in [-0.1, -0.05) is 0 Å². The molecule has 1 aliphatic rings. The van der Waals surface area contributed by atoms with Gasteiger partial charge in [0.25, 0.3) is 0 Å². The summed E-state index contributed by atoms with van der Waals surface area (Å²) in [6.45, 7) is 3.29. The van der Waals surface area contributed by atoms with E-state index in [9.17, 15) is 31.1 Å². The van der Waals surface area contributed by atoms with Gasteiger partial charge in [-0.15, -0.1) is 0 Å². The SMILES string of the molecule is CCOC(=O)N1c2cc(OC)c(OC)cc2[C@H](NCc2cc(C(F)(F)F)cc(C(F)(F)F)c2)C[C@@H]1C. The maximum atomic E-state index is 13.3. The van der Waals surface area contributed by atoms with Crippen LogP contribution in [0.2, 0.25) is 0 Å². The van der Waals surface area contributed by atoms with Crippen LogP contribution < -0.4 is 19.7 Å². The molecule has 0 radical (unpaired) electrons. The molecule has 2 aromatic rings. The first kappa shape index (κ1) is 27.4. The first-order chi connectivity index (χ1) is 16.8. The molecule has 0 aromatic heterocycles. The highest BCUT2D eigenvalue weighted by Crippen LogP contribution is 2.44. The molecule has 0 spiro atoms. The molecule has 0 saturated carbocycles. The number of benzene rings is 2. The van der Waals surface area contributed by atoms with E-state index in [1.165, 1.54) is 19.1 Å². The number of rotatable bonds is 6. The number of alkyl halides is 6. The van der Waals surface area contributed by atoms with Gasteiger partial charge in [-0.05, 0) is 55.7 Å². The Morgan fingerprint density at radius 1 is 0.972 bits per heavy atom. The number of ether oxygens (including phenoxy) is 3. The fourth-order valence-corrected chi connectivity index (χ4v) is 4.21. The average molecular weight is 520 g/mol. The number of carbonyl (C=O) groups is 1. The Balaban J connectivity index is 2.00. The number of carbonyl (C=O) groups excluding carboxylic acids is 1. The van der Waals surface area contributed by atoms with E-state index in [4.69, 9.17) is 14.2 Å². The van der Waals surface area contributed by atoms with Gasteiger partial charge in [0.2, 0.25) is 0 Å². The van der Waals surface area contributed by atoms with Crippen molar-refractivity contribution in [2.75, 3.05) is 25.7 Å². The summed E-state index contributed by atoms with van der Waals surface area (Å²) in [5, 5.41) is 3.05. The van der Waals surface area contributed by atoms with E-state index < -0.39 is 41.7 Å². The van der Waals surface area contributed by atoms with Crippen molar-refractivity contribution in [1.82, 2.24) is 5.32 Å². The molecule has 0 fully saturated rings. The Kier molecular flexibility index (Phi) is 7.97. The second-order valence-electron chi connectivity index (χ2n) is 8.27. The van der Waals surface area contributed by atoms with Crippen LogP contribution in [-0.4, -0.2) is 33.0 Å². The van der Waals surface area contributed by atoms with Crippen molar-refractivity contribution in [3.63, 3.8) is 0 Å². The van der Waals surface area contributed by atoms with Crippen LogP contribution in [0, 0.1) is 0 Å². The van der Waals surface area contributed by atoms with E-state index in [0.717, 1.165) is 0 Å². The molecule has 1 N–H and O–H groups in total. The number of halogens is 6. The van der Waals surface area contributed by atoms with E-state index >= 15 is 0 Å². The molecule has 0 bridgehead atoms. The standard InChI is InChI=1S/C24H26F6N2O4/c1-5-36-22(33)32-13(2)6-18(17-10-20(34-3)21(35-4)11-19(17)32)31-12-14-7-15(23(25,26)27)9-16(8-14)24(28,29)30/h7-11,13,18,31H,5-6,12H2,1-4H3/t13-,18+/m0/s1. The molecule has 36 heavy (non-hydrogen) atoms. The van der Waals surface area contributed by atoms with Gasteiger partial charge >= 0.3 is 18.4 Å². The average Bonchev–Trinajstić information content (AvgIpc) is 2.80. The summed E-state index contributed by atoms with van der Waals surface area (Å²) < 4.78 is 95.4. The predicted octanol–water partition coefficient (Wildman–Crippen LogP) is 6.33. The Bertz CT molecular complexity index is 1070. The minimum Gasteiger partial charge on any atom is -0.493 e. The lowest BCUT2D eigenvalue weighted by molar-refractivity contribution is -0.143. The molecule has 0 unspecified atom stereocenters. The summed E-state index contributed by atoms with van der Waals surface area (Å²) in [6, 6.07) is 3.75. The maximum Gasteiger partial charge on any atom is 0.416 e. The molecule has 1 heterocycles. The quantitative estimate of drug-likeness (QED) is 0.452. The molecular formula is C24H26F6N2O4. The molecule has 6 nitrogen and oxygen atoms in total. The lowest BCUT2D eigenvalue weighted by Crippen LogP contribution is -2.45. The van der Waals surface area contributed by atoms with Gasteiger partial charge < -0.3 is 19.5 Å². The summed E-state index contributed by atoms with van der Waals surface area (Å²) in [5.41, 5.74) is -1.96. The Morgan fingerprint density at radius 3 is 2.03 bits per heavy atom. The van der Waals surface area contributed by atoms with E-state index in [0.29, 0.717) is 41.3 Å². The van der Waals surface area contributed by atoms with E-state index in [1.807, 2.05) is 0 Å². The van der Waals surface area contributed by atoms with Gasteiger partial charge in [0.05, 0.1) is 37.6 Å². The van der Waals surface area contributed by atoms with Crippen molar-refractivity contribution in [2.45, 2.75) is 51.2 Å². The molecule has 1 aliphatic heterocycles. The number of hydrogen-bond acceptors (Lipinski definition) is 5. The smallest absolute Gasteiger partial charge is 0.416 e. The fourth-order valence-electron chi connectivity index (χ4n) is 4.21. The van der Waals surface area contributed by atoms with Gasteiger partial charge in [-0.3, -0.25) is 4.90 Å². The molecule has 198 valence electrons.